The van der Waals surface area contributed by atoms with Crippen LogP contribution in [0.2, 0.25) is 0 Å². The maximum Gasteiger partial charge on any atom is 0.339 e. The van der Waals surface area contributed by atoms with Crippen molar-refractivity contribution in [1.29, 1.82) is 0 Å². The van der Waals surface area contributed by atoms with Crippen LogP contribution in [0, 0.1) is 5.82 Å². The molecule has 0 aliphatic heterocycles. The van der Waals surface area contributed by atoms with Crippen molar-refractivity contribution < 1.29 is 13.9 Å². The molecule has 98 valence electrons. The molecular weight excluding hydrogens is 245 g/mol. The predicted molar refractivity (Wildman–Crippen MR) is 71.4 cm³/mol. The maximum atomic E-state index is 12.8. The van der Waals surface area contributed by atoms with E-state index in [2.05, 4.69) is 4.74 Å². The smallest absolute Gasteiger partial charge is 0.339 e. The van der Waals surface area contributed by atoms with Crippen LogP contribution in [0.5, 0.6) is 0 Å². The molecule has 0 spiro atoms. The van der Waals surface area contributed by atoms with E-state index in [9.17, 15) is 9.18 Å². The van der Waals surface area contributed by atoms with Crippen LogP contribution in [0.15, 0.2) is 42.5 Å². The molecule has 0 aliphatic carbocycles. The molecule has 0 amide bonds. The highest BCUT2D eigenvalue weighted by atomic mass is 19.1. The van der Waals surface area contributed by atoms with E-state index in [1.165, 1.54) is 19.2 Å². The van der Waals surface area contributed by atoms with Gasteiger partial charge in [-0.2, -0.15) is 0 Å². The number of hydrogen-bond acceptors (Lipinski definition) is 3. The van der Waals surface area contributed by atoms with Crippen molar-refractivity contribution in [2.24, 2.45) is 0 Å². The number of carbonyl (C=O) groups is 1. The van der Waals surface area contributed by atoms with Crippen LogP contribution in [-0.2, 0) is 11.2 Å². The van der Waals surface area contributed by atoms with E-state index < -0.39 is 5.97 Å². The SMILES string of the molecule is COC(=O)c1cc(Cc2ccc(F)cc2)ccc1N. The van der Waals surface area contributed by atoms with Gasteiger partial charge in [-0.25, -0.2) is 9.18 Å². The standard InChI is InChI=1S/C15H14FNO2/c1-19-15(18)13-9-11(4-7-14(13)17)8-10-2-5-12(16)6-3-10/h2-7,9H,8,17H2,1H3. The highest BCUT2D eigenvalue weighted by molar-refractivity contribution is 5.95. The minimum absolute atomic E-state index is 0.267. The summed E-state index contributed by atoms with van der Waals surface area (Å²) in [5.41, 5.74) is 8.34. The van der Waals surface area contributed by atoms with Gasteiger partial charge in [-0.1, -0.05) is 18.2 Å². The van der Waals surface area contributed by atoms with Gasteiger partial charge in [-0.05, 0) is 41.8 Å². The number of esters is 1. The molecule has 19 heavy (non-hydrogen) atoms. The summed E-state index contributed by atoms with van der Waals surface area (Å²) in [6.07, 6.45) is 0.602. The molecule has 4 heteroatoms. The second-order valence-electron chi connectivity index (χ2n) is 4.22. The molecule has 0 fully saturated rings. The van der Waals surface area contributed by atoms with Crippen LogP contribution >= 0.6 is 0 Å². The van der Waals surface area contributed by atoms with Crippen LogP contribution < -0.4 is 5.73 Å². The highest BCUT2D eigenvalue weighted by Crippen LogP contribution is 2.18. The lowest BCUT2D eigenvalue weighted by molar-refractivity contribution is 0.0602. The molecule has 0 radical (unpaired) electrons. The topological polar surface area (TPSA) is 52.3 Å². The van der Waals surface area contributed by atoms with E-state index in [1.54, 1.807) is 24.3 Å². The Kier molecular flexibility index (Phi) is 3.80. The normalized spacial score (nSPS) is 10.2. The molecule has 0 aliphatic rings. The van der Waals surface area contributed by atoms with E-state index in [-0.39, 0.29) is 5.82 Å². The van der Waals surface area contributed by atoms with Gasteiger partial charge in [0.25, 0.3) is 0 Å². The summed E-state index contributed by atoms with van der Waals surface area (Å²) in [6.45, 7) is 0. The van der Waals surface area contributed by atoms with Gasteiger partial charge in [0, 0.05) is 5.69 Å². The Morgan fingerprint density at radius 3 is 2.42 bits per heavy atom. The molecule has 2 N–H and O–H groups in total. The fraction of sp³-hybridized carbons (Fsp3) is 0.133. The Hall–Kier alpha value is -2.36. The van der Waals surface area contributed by atoms with Gasteiger partial charge in [-0.15, -0.1) is 0 Å². The average molecular weight is 259 g/mol. The van der Waals surface area contributed by atoms with Gasteiger partial charge in [0.2, 0.25) is 0 Å². The number of anilines is 1. The Bertz CT molecular complexity index is 594. The molecule has 0 heterocycles. The van der Waals surface area contributed by atoms with E-state index >= 15 is 0 Å². The van der Waals surface area contributed by atoms with E-state index in [4.69, 9.17) is 5.73 Å². The molecule has 0 saturated carbocycles. The van der Waals surface area contributed by atoms with E-state index in [0.717, 1.165) is 11.1 Å². The molecular formula is C15H14FNO2. The number of ether oxygens (including phenoxy) is 1. The Labute approximate surface area is 110 Å². The van der Waals surface area contributed by atoms with Gasteiger partial charge < -0.3 is 10.5 Å². The van der Waals surface area contributed by atoms with Crippen LogP contribution in [0.3, 0.4) is 0 Å². The highest BCUT2D eigenvalue weighted by Gasteiger charge is 2.10. The lowest BCUT2D eigenvalue weighted by Crippen LogP contribution is -2.06. The third-order valence-electron chi connectivity index (χ3n) is 2.84. The lowest BCUT2D eigenvalue weighted by atomic mass is 10.0. The minimum Gasteiger partial charge on any atom is -0.465 e. The predicted octanol–water partition coefficient (Wildman–Crippen LogP) is 2.79. The fourth-order valence-electron chi connectivity index (χ4n) is 1.84. The van der Waals surface area contributed by atoms with Crippen LogP contribution in [0.25, 0.3) is 0 Å². The van der Waals surface area contributed by atoms with Crippen molar-refractivity contribution in [3.8, 4) is 0 Å². The zero-order valence-corrected chi connectivity index (χ0v) is 10.5. The second kappa shape index (κ2) is 5.52. The van der Waals surface area contributed by atoms with Crippen molar-refractivity contribution >= 4 is 11.7 Å². The quantitative estimate of drug-likeness (QED) is 0.681. The Morgan fingerprint density at radius 1 is 1.16 bits per heavy atom. The van der Waals surface area contributed by atoms with Crippen molar-refractivity contribution in [3.63, 3.8) is 0 Å². The minimum atomic E-state index is -0.460. The Morgan fingerprint density at radius 2 is 1.79 bits per heavy atom. The summed E-state index contributed by atoms with van der Waals surface area (Å²) in [7, 11) is 1.31. The van der Waals surface area contributed by atoms with Gasteiger partial charge in [-0.3, -0.25) is 0 Å². The molecule has 0 bridgehead atoms. The second-order valence-corrected chi connectivity index (χ2v) is 4.22. The average Bonchev–Trinajstić information content (AvgIpc) is 2.42. The summed E-state index contributed by atoms with van der Waals surface area (Å²) in [6, 6.07) is 11.5. The zero-order chi connectivity index (χ0) is 13.8. The monoisotopic (exact) mass is 259 g/mol. The number of rotatable bonds is 3. The first-order valence-electron chi connectivity index (χ1n) is 5.81. The van der Waals surface area contributed by atoms with E-state index in [0.29, 0.717) is 17.7 Å². The molecule has 2 aromatic carbocycles. The van der Waals surface area contributed by atoms with E-state index in [1.807, 2.05) is 6.07 Å². The van der Waals surface area contributed by atoms with Gasteiger partial charge >= 0.3 is 5.97 Å². The van der Waals surface area contributed by atoms with Crippen LogP contribution in [0.1, 0.15) is 21.5 Å². The van der Waals surface area contributed by atoms with Gasteiger partial charge in [0.1, 0.15) is 5.82 Å². The third-order valence-corrected chi connectivity index (χ3v) is 2.84. The molecule has 3 nitrogen and oxygen atoms in total. The van der Waals surface area contributed by atoms with Gasteiger partial charge in [0.15, 0.2) is 0 Å². The summed E-state index contributed by atoms with van der Waals surface area (Å²) in [4.78, 5) is 11.5. The lowest BCUT2D eigenvalue weighted by Gasteiger charge is -2.07. The molecule has 2 rings (SSSR count). The largest absolute Gasteiger partial charge is 0.465 e. The zero-order valence-electron chi connectivity index (χ0n) is 10.5. The summed E-state index contributed by atoms with van der Waals surface area (Å²) in [5.74, 6) is -0.727. The molecule has 2 aromatic rings. The number of nitrogen functional groups attached to an aromatic ring is 1. The summed E-state index contributed by atoms with van der Waals surface area (Å²) in [5, 5.41) is 0. The number of halogens is 1. The first-order valence-corrected chi connectivity index (χ1v) is 5.81. The van der Waals surface area contributed by atoms with Crippen molar-refractivity contribution in [3.05, 3.63) is 65.0 Å². The van der Waals surface area contributed by atoms with Crippen LogP contribution in [-0.4, -0.2) is 13.1 Å². The number of benzene rings is 2. The number of methoxy groups -OCH3 is 1. The number of nitrogens with two attached hydrogens (primary N) is 1. The molecule has 0 atom stereocenters. The maximum absolute atomic E-state index is 12.8. The fourth-order valence-corrected chi connectivity index (χ4v) is 1.84. The first kappa shape index (κ1) is 13.1. The number of hydrogen-bond donors (Lipinski definition) is 1. The summed E-state index contributed by atoms with van der Waals surface area (Å²) < 4.78 is 17.5. The van der Waals surface area contributed by atoms with Crippen molar-refractivity contribution in [2.45, 2.75) is 6.42 Å². The third kappa shape index (κ3) is 3.10. The van der Waals surface area contributed by atoms with Crippen molar-refractivity contribution in [1.82, 2.24) is 0 Å². The summed E-state index contributed by atoms with van der Waals surface area (Å²) >= 11 is 0. The molecule has 0 unspecified atom stereocenters. The molecule has 0 saturated heterocycles. The van der Waals surface area contributed by atoms with Crippen molar-refractivity contribution in [2.75, 3.05) is 12.8 Å². The van der Waals surface area contributed by atoms with Crippen LogP contribution in [0.4, 0.5) is 10.1 Å². The number of carbonyl (C=O) groups excluding carboxylic acids is 1. The van der Waals surface area contributed by atoms with Gasteiger partial charge in [0.05, 0.1) is 12.7 Å². The Balaban J connectivity index is 2.26. The molecule has 0 aromatic heterocycles. The first-order chi connectivity index (χ1) is 9.10.